The fourth-order valence-electron chi connectivity index (χ4n) is 5.51. The Labute approximate surface area is 234 Å². The van der Waals surface area contributed by atoms with Crippen molar-refractivity contribution in [3.05, 3.63) is 30.1 Å². The van der Waals surface area contributed by atoms with Gasteiger partial charge in [0.25, 0.3) is 0 Å². The smallest absolute Gasteiger partial charge is 0.219 e. The minimum Gasteiger partial charge on any atom is -0.356 e. The Morgan fingerprint density at radius 3 is 1.84 bits per heavy atom. The van der Waals surface area contributed by atoms with Crippen molar-refractivity contribution < 1.29 is 4.79 Å². The van der Waals surface area contributed by atoms with Crippen LogP contribution in [0.25, 0.3) is 11.0 Å². The van der Waals surface area contributed by atoms with E-state index in [0.29, 0.717) is 6.42 Å². The first-order valence-electron chi connectivity index (χ1n) is 16.5. The van der Waals surface area contributed by atoms with E-state index in [0.717, 1.165) is 50.7 Å². The lowest BCUT2D eigenvalue weighted by Crippen LogP contribution is -2.23. The molecular weight excluding hydrogens is 466 g/mol. The monoisotopic (exact) mass is 525 g/mol. The van der Waals surface area contributed by atoms with Gasteiger partial charge < -0.3 is 9.88 Å². The highest BCUT2D eigenvalue weighted by atomic mass is 16.1. The molecule has 1 aromatic carbocycles. The zero-order chi connectivity index (χ0) is 27.1. The number of unbranched alkanes of at least 4 members (excludes halogenated alkanes) is 17. The summed E-state index contributed by atoms with van der Waals surface area (Å²) in [6, 6.07) is 8.60. The highest BCUT2D eigenvalue weighted by molar-refractivity contribution is 5.76. The van der Waals surface area contributed by atoms with Gasteiger partial charge in [0.1, 0.15) is 5.82 Å². The Hall–Kier alpha value is -1.84. The van der Waals surface area contributed by atoms with Crippen LogP contribution in [0.4, 0.5) is 0 Å². The lowest BCUT2D eigenvalue weighted by atomic mass is 10.0. The molecule has 0 atom stereocenters. The third kappa shape index (κ3) is 14.4. The molecule has 0 saturated carbocycles. The number of amides is 1. The maximum absolute atomic E-state index is 11.6. The van der Waals surface area contributed by atoms with Gasteiger partial charge >= 0.3 is 0 Å². The molecule has 38 heavy (non-hydrogen) atoms. The fourth-order valence-corrected chi connectivity index (χ4v) is 5.51. The molecule has 2 aromatic rings. The predicted octanol–water partition coefficient (Wildman–Crippen LogP) is 9.93. The van der Waals surface area contributed by atoms with Gasteiger partial charge in [-0.25, -0.2) is 4.98 Å². The number of nitrogens with zero attached hydrogens (tertiary/aromatic N) is 2. The number of para-hydroxylation sites is 2. The highest BCUT2D eigenvalue weighted by Crippen LogP contribution is 2.20. The van der Waals surface area contributed by atoms with Gasteiger partial charge in [-0.2, -0.15) is 0 Å². The molecule has 0 aliphatic rings. The van der Waals surface area contributed by atoms with E-state index in [1.807, 2.05) is 6.92 Å². The van der Waals surface area contributed by atoms with Crippen molar-refractivity contribution >= 4 is 16.9 Å². The van der Waals surface area contributed by atoms with Gasteiger partial charge in [0, 0.05) is 25.9 Å². The molecule has 0 aliphatic heterocycles. The third-order valence-electron chi connectivity index (χ3n) is 7.85. The number of hydrogen-bond donors (Lipinski definition) is 1. The van der Waals surface area contributed by atoms with Crippen LogP contribution in [0, 0.1) is 0 Å². The van der Waals surface area contributed by atoms with Crippen LogP contribution in [0.5, 0.6) is 0 Å². The molecule has 4 heteroatoms. The molecule has 0 fully saturated rings. The Balaban J connectivity index is 1.54. The van der Waals surface area contributed by atoms with Crippen LogP contribution in [0.1, 0.15) is 155 Å². The zero-order valence-electron chi connectivity index (χ0n) is 25.1. The summed E-state index contributed by atoms with van der Waals surface area (Å²) < 4.78 is 2.47. The van der Waals surface area contributed by atoms with E-state index >= 15 is 0 Å². The zero-order valence-corrected chi connectivity index (χ0v) is 25.1. The van der Waals surface area contributed by atoms with Gasteiger partial charge in [0.15, 0.2) is 0 Å². The molecule has 0 radical (unpaired) electrons. The van der Waals surface area contributed by atoms with Crippen LogP contribution in [-0.2, 0) is 17.8 Å². The summed E-state index contributed by atoms with van der Waals surface area (Å²) in [7, 11) is 0. The van der Waals surface area contributed by atoms with Crippen LogP contribution >= 0.6 is 0 Å². The number of aryl methyl sites for hydroxylation is 2. The lowest BCUT2D eigenvalue weighted by Gasteiger charge is -2.10. The number of imidazole rings is 1. The van der Waals surface area contributed by atoms with E-state index in [2.05, 4.69) is 41.1 Å². The second-order valence-electron chi connectivity index (χ2n) is 11.4. The van der Waals surface area contributed by atoms with Gasteiger partial charge in [-0.1, -0.05) is 129 Å². The van der Waals surface area contributed by atoms with E-state index in [4.69, 9.17) is 4.98 Å². The van der Waals surface area contributed by atoms with Crippen molar-refractivity contribution in [2.75, 3.05) is 6.54 Å². The molecule has 0 aliphatic carbocycles. The highest BCUT2D eigenvalue weighted by Gasteiger charge is 2.10. The van der Waals surface area contributed by atoms with Gasteiger partial charge in [0.2, 0.25) is 5.91 Å². The predicted molar refractivity (Wildman–Crippen MR) is 165 cm³/mol. The fraction of sp³-hybridized carbons (Fsp3) is 0.765. The molecule has 4 nitrogen and oxygen atoms in total. The van der Waals surface area contributed by atoms with Gasteiger partial charge in [0.05, 0.1) is 11.0 Å². The summed E-state index contributed by atoms with van der Waals surface area (Å²) in [5.41, 5.74) is 2.42. The first-order chi connectivity index (χ1) is 18.8. The molecule has 1 amide bonds. The lowest BCUT2D eigenvalue weighted by molar-refractivity contribution is -0.121. The number of hydrogen-bond acceptors (Lipinski definition) is 2. The van der Waals surface area contributed by atoms with Crippen molar-refractivity contribution in [3.8, 4) is 0 Å². The first kappa shape index (κ1) is 32.4. The molecule has 1 N–H and O–H groups in total. The van der Waals surface area contributed by atoms with E-state index in [9.17, 15) is 4.79 Å². The van der Waals surface area contributed by atoms with Crippen LogP contribution in [0.2, 0.25) is 0 Å². The number of benzene rings is 1. The van der Waals surface area contributed by atoms with Gasteiger partial charge in [-0.05, 0) is 37.8 Å². The van der Waals surface area contributed by atoms with Crippen LogP contribution in [0.15, 0.2) is 24.3 Å². The number of rotatable bonds is 25. The molecule has 0 unspecified atom stereocenters. The Bertz CT molecular complexity index is 843. The average Bonchev–Trinajstić information content (AvgIpc) is 3.27. The van der Waals surface area contributed by atoms with E-state index in [1.165, 1.54) is 114 Å². The minimum absolute atomic E-state index is 0.188. The minimum atomic E-state index is 0.188. The summed E-state index contributed by atoms with van der Waals surface area (Å²) in [5, 5.41) is 3.03. The second-order valence-corrected chi connectivity index (χ2v) is 11.4. The summed E-state index contributed by atoms with van der Waals surface area (Å²) in [6.45, 7) is 6.23. The number of carbonyl (C=O) groups excluding carboxylic acids is 1. The molecule has 1 aromatic heterocycles. The van der Waals surface area contributed by atoms with Crippen LogP contribution < -0.4 is 5.32 Å². The summed E-state index contributed by atoms with van der Waals surface area (Å²) in [5.74, 6) is 1.43. The summed E-state index contributed by atoms with van der Waals surface area (Å²) >= 11 is 0. The van der Waals surface area contributed by atoms with Crippen molar-refractivity contribution in [1.82, 2.24) is 14.9 Å². The quantitative estimate of drug-likeness (QED) is 0.131. The SMILES string of the molecule is CCCCCCCCCCCCCCCCCCn1c(CCCCCNC(=O)CCC)nc2ccccc21. The third-order valence-corrected chi connectivity index (χ3v) is 7.85. The van der Waals surface area contributed by atoms with Crippen molar-refractivity contribution in [2.45, 2.75) is 162 Å². The molecule has 0 bridgehead atoms. The maximum Gasteiger partial charge on any atom is 0.219 e. The number of carbonyl (C=O) groups is 1. The Morgan fingerprint density at radius 1 is 0.684 bits per heavy atom. The van der Waals surface area contributed by atoms with Crippen molar-refractivity contribution in [3.63, 3.8) is 0 Å². The number of fused-ring (bicyclic) bond motifs is 1. The summed E-state index contributed by atoms with van der Waals surface area (Å²) in [6.07, 6.45) is 28.4. The Morgan fingerprint density at radius 2 is 1.24 bits per heavy atom. The number of nitrogens with one attached hydrogen (secondary N) is 1. The van der Waals surface area contributed by atoms with E-state index in [1.54, 1.807) is 0 Å². The van der Waals surface area contributed by atoms with Crippen molar-refractivity contribution in [2.24, 2.45) is 0 Å². The summed E-state index contributed by atoms with van der Waals surface area (Å²) in [4.78, 5) is 16.6. The van der Waals surface area contributed by atoms with Crippen LogP contribution in [-0.4, -0.2) is 22.0 Å². The van der Waals surface area contributed by atoms with Gasteiger partial charge in [-0.3, -0.25) is 4.79 Å². The van der Waals surface area contributed by atoms with Gasteiger partial charge in [-0.15, -0.1) is 0 Å². The van der Waals surface area contributed by atoms with Crippen LogP contribution in [0.3, 0.4) is 0 Å². The molecule has 0 spiro atoms. The number of aromatic nitrogens is 2. The molecule has 0 saturated heterocycles. The Kier molecular flexibility index (Phi) is 18.8. The second kappa shape index (κ2) is 22.0. The molecule has 216 valence electrons. The largest absolute Gasteiger partial charge is 0.356 e. The normalized spacial score (nSPS) is 11.4. The average molecular weight is 526 g/mol. The molecular formula is C34H59N3O. The standard InChI is InChI=1S/C34H59N3O/c1-3-5-6-7-8-9-10-11-12-13-14-15-16-17-18-24-30-37-32-27-22-21-26-31(32)36-33(37)28-20-19-23-29-35-34(38)25-4-2/h21-22,26-27H,3-20,23-25,28-30H2,1-2H3,(H,35,38). The van der Waals surface area contributed by atoms with Crippen molar-refractivity contribution in [1.29, 1.82) is 0 Å². The van der Waals surface area contributed by atoms with E-state index < -0.39 is 0 Å². The maximum atomic E-state index is 11.6. The molecule has 2 rings (SSSR count). The first-order valence-corrected chi connectivity index (χ1v) is 16.5. The van der Waals surface area contributed by atoms with E-state index in [-0.39, 0.29) is 5.91 Å². The topological polar surface area (TPSA) is 46.9 Å². The molecule has 1 heterocycles.